The van der Waals surface area contributed by atoms with E-state index in [2.05, 4.69) is 36.4 Å². The highest BCUT2D eigenvalue weighted by molar-refractivity contribution is 7.98. The summed E-state index contributed by atoms with van der Waals surface area (Å²) < 4.78 is 0. The topological polar surface area (TPSA) is 29.4 Å². The fourth-order valence-electron chi connectivity index (χ4n) is 2.33. The molecule has 1 aliphatic carbocycles. The molecule has 16 heavy (non-hydrogen) atoms. The van der Waals surface area contributed by atoms with Gasteiger partial charge in [-0.15, -0.1) is 11.8 Å². The number of hydrogen-bond donors (Lipinski definition) is 0. The van der Waals surface area contributed by atoms with Gasteiger partial charge in [0.15, 0.2) is 0 Å². The van der Waals surface area contributed by atoms with Gasteiger partial charge in [0.25, 0.3) is 0 Å². The van der Waals surface area contributed by atoms with Crippen LogP contribution in [-0.4, -0.2) is 12.3 Å². The van der Waals surface area contributed by atoms with Crippen molar-refractivity contribution in [2.45, 2.75) is 36.6 Å². The fraction of sp³-hybridized carbons (Fsp3) is 0.462. The Morgan fingerprint density at radius 1 is 1.44 bits per heavy atom. The molecule has 1 aromatic carbocycles. The Labute approximate surface area is 100 Å². The molecule has 0 aromatic heterocycles. The predicted octanol–water partition coefficient (Wildman–Crippen LogP) is 3.43. The monoisotopic (exact) mass is 233 g/mol. The molecule has 0 unspecified atom stereocenters. The highest BCUT2D eigenvalue weighted by atomic mass is 32.2. The molecular formula is C13H15NOS. The van der Waals surface area contributed by atoms with Crippen LogP contribution in [0.2, 0.25) is 0 Å². The molecule has 0 aliphatic heterocycles. The molecule has 0 atom stereocenters. The van der Waals surface area contributed by atoms with Crippen molar-refractivity contribution in [2.75, 3.05) is 6.26 Å². The second-order valence-electron chi connectivity index (χ2n) is 4.27. The first kappa shape index (κ1) is 11.4. The van der Waals surface area contributed by atoms with Crippen molar-refractivity contribution in [3.8, 4) is 0 Å². The van der Waals surface area contributed by atoms with Crippen molar-refractivity contribution in [1.82, 2.24) is 0 Å². The molecular weight excluding hydrogens is 218 g/mol. The predicted molar refractivity (Wildman–Crippen MR) is 66.6 cm³/mol. The number of aryl methyl sites for hydroxylation is 1. The molecule has 0 amide bonds. The van der Waals surface area contributed by atoms with Crippen molar-refractivity contribution >= 4 is 17.8 Å². The SMILES string of the molecule is CSc1ccc(C2(N=C=O)CCC2)c(C)c1. The summed E-state index contributed by atoms with van der Waals surface area (Å²) in [5.41, 5.74) is 2.16. The van der Waals surface area contributed by atoms with Crippen LogP contribution in [0, 0.1) is 6.92 Å². The molecule has 1 aromatic rings. The number of hydrogen-bond acceptors (Lipinski definition) is 3. The van der Waals surface area contributed by atoms with E-state index in [0.717, 1.165) is 19.3 Å². The zero-order valence-electron chi connectivity index (χ0n) is 9.62. The average Bonchev–Trinajstić information content (AvgIpc) is 2.24. The van der Waals surface area contributed by atoms with Crippen molar-refractivity contribution in [3.05, 3.63) is 29.3 Å². The summed E-state index contributed by atoms with van der Waals surface area (Å²) in [5, 5.41) is 0. The van der Waals surface area contributed by atoms with Gasteiger partial charge in [0, 0.05) is 4.90 Å². The lowest BCUT2D eigenvalue weighted by atomic mass is 9.71. The van der Waals surface area contributed by atoms with Gasteiger partial charge >= 0.3 is 0 Å². The van der Waals surface area contributed by atoms with Crippen molar-refractivity contribution in [1.29, 1.82) is 0 Å². The first-order chi connectivity index (χ1) is 7.72. The van der Waals surface area contributed by atoms with Gasteiger partial charge in [0.1, 0.15) is 0 Å². The van der Waals surface area contributed by atoms with E-state index in [1.165, 1.54) is 16.0 Å². The molecule has 3 heteroatoms. The number of nitrogens with zero attached hydrogens (tertiary/aromatic N) is 1. The first-order valence-electron chi connectivity index (χ1n) is 5.46. The highest BCUT2D eigenvalue weighted by Gasteiger charge is 2.39. The zero-order valence-corrected chi connectivity index (χ0v) is 10.4. The maximum atomic E-state index is 10.5. The van der Waals surface area contributed by atoms with Gasteiger partial charge in [0.05, 0.1) is 5.54 Å². The van der Waals surface area contributed by atoms with E-state index in [4.69, 9.17) is 0 Å². The third-order valence-electron chi connectivity index (χ3n) is 3.38. The average molecular weight is 233 g/mol. The van der Waals surface area contributed by atoms with Crippen molar-refractivity contribution in [2.24, 2.45) is 4.99 Å². The summed E-state index contributed by atoms with van der Waals surface area (Å²) in [5.74, 6) is 0. The Morgan fingerprint density at radius 3 is 2.62 bits per heavy atom. The molecule has 0 radical (unpaired) electrons. The zero-order chi connectivity index (χ0) is 11.6. The van der Waals surface area contributed by atoms with E-state index < -0.39 is 0 Å². The lowest BCUT2D eigenvalue weighted by Gasteiger charge is -2.38. The van der Waals surface area contributed by atoms with Crippen LogP contribution in [0.1, 0.15) is 30.4 Å². The van der Waals surface area contributed by atoms with E-state index in [0.29, 0.717) is 0 Å². The van der Waals surface area contributed by atoms with Gasteiger partial charge in [-0.2, -0.15) is 4.99 Å². The summed E-state index contributed by atoms with van der Waals surface area (Å²) >= 11 is 1.73. The number of rotatable bonds is 3. The van der Waals surface area contributed by atoms with Crippen LogP contribution in [0.25, 0.3) is 0 Å². The molecule has 0 N–H and O–H groups in total. The van der Waals surface area contributed by atoms with Crippen LogP contribution < -0.4 is 0 Å². The van der Waals surface area contributed by atoms with Crippen LogP contribution in [0.4, 0.5) is 0 Å². The molecule has 0 spiro atoms. The summed E-state index contributed by atoms with van der Waals surface area (Å²) in [4.78, 5) is 15.8. The second kappa shape index (κ2) is 4.44. The van der Waals surface area contributed by atoms with E-state index in [9.17, 15) is 4.79 Å². The summed E-state index contributed by atoms with van der Waals surface area (Å²) in [6.45, 7) is 2.09. The number of thioether (sulfide) groups is 1. The quantitative estimate of drug-likeness (QED) is 0.455. The Balaban J connectivity index is 2.43. The largest absolute Gasteiger partial charge is 0.235 e. The molecule has 2 rings (SSSR count). The van der Waals surface area contributed by atoms with Gasteiger partial charge in [-0.05, 0) is 55.7 Å². The number of isocyanates is 1. The summed E-state index contributed by atoms with van der Waals surface area (Å²) in [6.07, 6.45) is 6.90. The molecule has 1 aliphatic rings. The fourth-order valence-corrected chi connectivity index (χ4v) is 2.82. The molecule has 0 bridgehead atoms. The van der Waals surface area contributed by atoms with Gasteiger partial charge in [-0.25, -0.2) is 4.79 Å². The minimum atomic E-state index is -0.261. The van der Waals surface area contributed by atoms with Crippen molar-refractivity contribution < 1.29 is 4.79 Å². The first-order valence-corrected chi connectivity index (χ1v) is 6.68. The third-order valence-corrected chi connectivity index (χ3v) is 4.10. The van der Waals surface area contributed by atoms with Crippen LogP contribution in [0.3, 0.4) is 0 Å². The van der Waals surface area contributed by atoms with Gasteiger partial charge in [-0.1, -0.05) is 6.07 Å². The van der Waals surface area contributed by atoms with Crippen LogP contribution in [-0.2, 0) is 10.3 Å². The van der Waals surface area contributed by atoms with Gasteiger partial charge in [-0.3, -0.25) is 0 Å². The Kier molecular flexibility index (Phi) is 3.17. The van der Waals surface area contributed by atoms with Crippen LogP contribution in [0.5, 0.6) is 0 Å². The number of benzene rings is 1. The number of aliphatic imine (C=N–C) groups is 1. The lowest BCUT2D eigenvalue weighted by molar-refractivity contribution is 0.254. The van der Waals surface area contributed by atoms with E-state index in [1.807, 2.05) is 0 Å². The number of carbonyl (C=O) groups excluding carboxylic acids is 1. The van der Waals surface area contributed by atoms with Gasteiger partial charge < -0.3 is 0 Å². The smallest absolute Gasteiger partial charge is 0.211 e. The Hall–Kier alpha value is -1.05. The molecule has 0 heterocycles. The Bertz CT molecular complexity index is 445. The van der Waals surface area contributed by atoms with Crippen LogP contribution in [0.15, 0.2) is 28.1 Å². The van der Waals surface area contributed by atoms with E-state index >= 15 is 0 Å². The minimum absolute atomic E-state index is 0.261. The normalized spacial score (nSPS) is 17.4. The molecule has 2 nitrogen and oxygen atoms in total. The molecule has 1 fully saturated rings. The summed E-state index contributed by atoms with van der Waals surface area (Å²) in [7, 11) is 0. The van der Waals surface area contributed by atoms with E-state index in [-0.39, 0.29) is 5.54 Å². The maximum absolute atomic E-state index is 10.5. The molecule has 1 saturated carbocycles. The summed E-state index contributed by atoms with van der Waals surface area (Å²) in [6, 6.07) is 6.38. The third kappa shape index (κ3) is 1.81. The standard InChI is InChI=1S/C13H15NOS/c1-10-8-11(16-2)4-5-12(10)13(14-9-15)6-3-7-13/h4-5,8H,3,6-7H2,1-2H3. The second-order valence-corrected chi connectivity index (χ2v) is 5.15. The maximum Gasteiger partial charge on any atom is 0.235 e. The molecule has 84 valence electrons. The van der Waals surface area contributed by atoms with Crippen LogP contribution >= 0.6 is 11.8 Å². The Morgan fingerprint density at radius 2 is 2.19 bits per heavy atom. The van der Waals surface area contributed by atoms with E-state index in [1.54, 1.807) is 17.8 Å². The highest BCUT2D eigenvalue weighted by Crippen LogP contribution is 2.46. The van der Waals surface area contributed by atoms with Gasteiger partial charge in [0.2, 0.25) is 6.08 Å². The molecule has 0 saturated heterocycles. The lowest BCUT2D eigenvalue weighted by Crippen LogP contribution is -2.32. The van der Waals surface area contributed by atoms with Crippen molar-refractivity contribution in [3.63, 3.8) is 0 Å². The minimum Gasteiger partial charge on any atom is -0.211 e.